The standard InChI is InChI=1S/C77H135NO18/c1-3-5-7-9-11-13-15-17-19-21-23-25-27-28-29-30-31-32-33-35-37-39-41-43-45-47-49-51-53-55-65(83)78-60(61(82)54-52-50-48-46-44-42-40-38-36-34-26-24-22-20-18-16-14-12-10-8-6-4-2)59-91-75-71(89)68(86)73(63(57-80)93-75)96-77-72(90)69(87)74(64(58-81)94-77)95-76-70(88)67(85)66(84)62(56-79)92-76/h5,7,11,13,17,19,23,25,28-29,31-32,52,54,60-64,66-77,79-82,84-90H,3-4,6,8-10,12,14-16,18,20-22,24,26-27,30,33-51,53,55-59H2,1-2H3,(H,78,83)/b7-5-,13-11-,19-17-,25-23-,29-28-,32-31-,54-52+. The number of aliphatic hydroxyl groups is 11. The Labute approximate surface area is 578 Å². The van der Waals surface area contributed by atoms with Crippen molar-refractivity contribution in [2.45, 2.75) is 369 Å². The Morgan fingerprint density at radius 3 is 1.12 bits per heavy atom. The first-order valence-electron chi connectivity index (χ1n) is 37.8. The molecule has 0 aliphatic carbocycles. The van der Waals surface area contributed by atoms with Crippen molar-refractivity contribution in [1.82, 2.24) is 5.32 Å². The van der Waals surface area contributed by atoms with Gasteiger partial charge in [0.1, 0.15) is 73.2 Å². The molecule has 12 N–H and O–H groups in total. The highest BCUT2D eigenvalue weighted by molar-refractivity contribution is 5.76. The maximum Gasteiger partial charge on any atom is 0.220 e. The predicted octanol–water partition coefficient (Wildman–Crippen LogP) is 11.4. The van der Waals surface area contributed by atoms with Gasteiger partial charge in [-0.2, -0.15) is 0 Å². The zero-order valence-corrected chi connectivity index (χ0v) is 59.1. The Morgan fingerprint density at radius 1 is 0.385 bits per heavy atom. The maximum absolute atomic E-state index is 13.5. The number of nitrogens with one attached hydrogen (secondary N) is 1. The molecule has 3 fully saturated rings. The molecule has 556 valence electrons. The second kappa shape index (κ2) is 57.6. The summed E-state index contributed by atoms with van der Waals surface area (Å²) in [5.74, 6) is -0.281. The van der Waals surface area contributed by atoms with Crippen LogP contribution in [0.25, 0.3) is 0 Å². The third-order valence-corrected chi connectivity index (χ3v) is 18.4. The molecule has 0 spiro atoms. The van der Waals surface area contributed by atoms with E-state index in [1.165, 1.54) is 141 Å². The lowest BCUT2D eigenvalue weighted by atomic mass is 9.96. The average Bonchev–Trinajstić information content (AvgIpc) is 0.787. The van der Waals surface area contributed by atoms with E-state index >= 15 is 0 Å². The molecule has 3 aliphatic heterocycles. The van der Waals surface area contributed by atoms with E-state index in [9.17, 15) is 61.0 Å². The summed E-state index contributed by atoms with van der Waals surface area (Å²) in [5.41, 5.74) is 0. The number of amides is 1. The monoisotopic (exact) mass is 1360 g/mol. The van der Waals surface area contributed by atoms with Gasteiger partial charge in [0, 0.05) is 6.42 Å². The van der Waals surface area contributed by atoms with Crippen LogP contribution in [0, 0.1) is 0 Å². The van der Waals surface area contributed by atoms with Crippen molar-refractivity contribution >= 4 is 5.91 Å². The van der Waals surface area contributed by atoms with E-state index in [0.717, 1.165) is 96.3 Å². The highest BCUT2D eigenvalue weighted by atomic mass is 16.8. The van der Waals surface area contributed by atoms with Crippen molar-refractivity contribution in [3.8, 4) is 0 Å². The molecular weight excluding hydrogens is 1230 g/mol. The smallest absolute Gasteiger partial charge is 0.220 e. The molecule has 3 rings (SSSR count). The van der Waals surface area contributed by atoms with Crippen LogP contribution < -0.4 is 5.32 Å². The molecule has 1 amide bonds. The molecule has 19 heteroatoms. The summed E-state index contributed by atoms with van der Waals surface area (Å²) in [7, 11) is 0. The van der Waals surface area contributed by atoms with Crippen LogP contribution in [0.1, 0.15) is 264 Å². The number of carbonyl (C=O) groups excluding carboxylic acids is 1. The molecule has 3 saturated heterocycles. The van der Waals surface area contributed by atoms with Gasteiger partial charge in [0.15, 0.2) is 18.9 Å². The number of hydrogen-bond acceptors (Lipinski definition) is 18. The topological polar surface area (TPSA) is 307 Å². The summed E-state index contributed by atoms with van der Waals surface area (Å²) < 4.78 is 34.4. The van der Waals surface area contributed by atoms with Gasteiger partial charge in [0.2, 0.25) is 5.91 Å². The van der Waals surface area contributed by atoms with Gasteiger partial charge in [-0.25, -0.2) is 0 Å². The lowest BCUT2D eigenvalue weighted by Gasteiger charge is -2.48. The van der Waals surface area contributed by atoms with Crippen molar-refractivity contribution in [3.05, 3.63) is 85.1 Å². The Kier molecular flexibility index (Phi) is 52.3. The molecular formula is C77H135NO18. The predicted molar refractivity (Wildman–Crippen MR) is 378 cm³/mol. The quantitative estimate of drug-likeness (QED) is 0.0199. The third-order valence-electron chi connectivity index (χ3n) is 18.4. The zero-order chi connectivity index (χ0) is 69.6. The Balaban J connectivity index is 1.41. The summed E-state index contributed by atoms with van der Waals surface area (Å²) in [6.45, 7) is 1.64. The van der Waals surface area contributed by atoms with Gasteiger partial charge in [-0.05, 0) is 70.6 Å². The highest BCUT2D eigenvalue weighted by Gasteiger charge is 2.53. The number of allylic oxidation sites excluding steroid dienone is 13. The Morgan fingerprint density at radius 2 is 0.719 bits per heavy atom. The van der Waals surface area contributed by atoms with Crippen molar-refractivity contribution in [3.63, 3.8) is 0 Å². The zero-order valence-electron chi connectivity index (χ0n) is 59.1. The van der Waals surface area contributed by atoms with E-state index in [-0.39, 0.29) is 18.9 Å². The van der Waals surface area contributed by atoms with Gasteiger partial charge in [-0.15, -0.1) is 0 Å². The molecule has 0 aromatic heterocycles. The van der Waals surface area contributed by atoms with Crippen LogP contribution in [0.3, 0.4) is 0 Å². The molecule has 0 radical (unpaired) electrons. The summed E-state index contributed by atoms with van der Waals surface area (Å²) >= 11 is 0. The average molecular weight is 1360 g/mol. The molecule has 0 aromatic rings. The summed E-state index contributed by atoms with van der Waals surface area (Å²) in [6, 6.07) is -0.982. The fraction of sp³-hybridized carbons (Fsp3) is 0.805. The van der Waals surface area contributed by atoms with Crippen LogP contribution in [0.15, 0.2) is 85.1 Å². The number of carbonyl (C=O) groups is 1. The number of unbranched alkanes of at least 4 members (excludes halogenated alkanes) is 30. The van der Waals surface area contributed by atoms with Gasteiger partial charge in [0.05, 0.1) is 38.6 Å². The van der Waals surface area contributed by atoms with Gasteiger partial charge in [-0.1, -0.05) is 272 Å². The number of ether oxygens (including phenoxy) is 6. The second-order valence-electron chi connectivity index (χ2n) is 26.7. The van der Waals surface area contributed by atoms with Crippen LogP contribution in [-0.4, -0.2) is 193 Å². The van der Waals surface area contributed by atoms with Gasteiger partial charge >= 0.3 is 0 Å². The fourth-order valence-corrected chi connectivity index (χ4v) is 12.4. The first kappa shape index (κ1) is 87.2. The van der Waals surface area contributed by atoms with Crippen molar-refractivity contribution in [2.24, 2.45) is 0 Å². The first-order chi connectivity index (χ1) is 46.8. The lowest BCUT2D eigenvalue weighted by Crippen LogP contribution is -2.66. The van der Waals surface area contributed by atoms with Crippen LogP contribution in [0.5, 0.6) is 0 Å². The Hall–Kier alpha value is -3.03. The molecule has 3 aliphatic rings. The number of hydrogen-bond donors (Lipinski definition) is 12. The molecule has 96 heavy (non-hydrogen) atoms. The summed E-state index contributed by atoms with van der Waals surface area (Å²) in [5, 5.41) is 121. The van der Waals surface area contributed by atoms with Crippen molar-refractivity contribution in [2.75, 3.05) is 26.4 Å². The SMILES string of the molecule is CC/C=C\C/C=C\C/C=C\C/C=C\C/C=C\C/C=C\CCCCCCCCCCCCC(=O)NC(COC1OC(CO)C(OC2OC(CO)C(OC3OC(CO)C(O)C(O)C3O)C(O)C2O)C(O)C1O)C(O)/C=C/CCCCCCCCCCCCCCCCCCCCCC. The molecule has 19 nitrogen and oxygen atoms in total. The van der Waals surface area contributed by atoms with Gasteiger partial charge in [-0.3, -0.25) is 4.79 Å². The number of rotatable bonds is 58. The van der Waals surface area contributed by atoms with E-state index in [1.54, 1.807) is 6.08 Å². The van der Waals surface area contributed by atoms with E-state index in [4.69, 9.17) is 28.4 Å². The van der Waals surface area contributed by atoms with E-state index in [0.29, 0.717) is 6.42 Å². The van der Waals surface area contributed by atoms with E-state index in [2.05, 4.69) is 92.1 Å². The number of aliphatic hydroxyl groups excluding tert-OH is 11. The van der Waals surface area contributed by atoms with Crippen LogP contribution >= 0.6 is 0 Å². The molecule has 0 saturated carbocycles. The minimum Gasteiger partial charge on any atom is -0.394 e. The summed E-state index contributed by atoms with van der Waals surface area (Å²) in [6.07, 6.45) is 48.3. The highest BCUT2D eigenvalue weighted by Crippen LogP contribution is 2.33. The molecule has 17 unspecified atom stereocenters. The lowest BCUT2D eigenvalue weighted by molar-refractivity contribution is -0.379. The van der Waals surface area contributed by atoms with Gasteiger partial charge in [0.25, 0.3) is 0 Å². The first-order valence-corrected chi connectivity index (χ1v) is 37.8. The van der Waals surface area contributed by atoms with E-state index < -0.39 is 124 Å². The molecule has 0 aromatic carbocycles. The fourth-order valence-electron chi connectivity index (χ4n) is 12.4. The molecule has 0 bridgehead atoms. The largest absolute Gasteiger partial charge is 0.394 e. The van der Waals surface area contributed by atoms with Gasteiger partial charge < -0.3 is 89.9 Å². The van der Waals surface area contributed by atoms with Crippen molar-refractivity contribution < 1.29 is 89.4 Å². The normalized spacial score (nSPS) is 27.5. The minimum atomic E-state index is -1.98. The van der Waals surface area contributed by atoms with Crippen LogP contribution in [-0.2, 0) is 33.2 Å². The van der Waals surface area contributed by atoms with Crippen molar-refractivity contribution in [1.29, 1.82) is 0 Å². The minimum absolute atomic E-state index is 0.234. The van der Waals surface area contributed by atoms with Crippen LogP contribution in [0.2, 0.25) is 0 Å². The summed E-state index contributed by atoms with van der Waals surface area (Å²) in [4.78, 5) is 13.5. The Bertz CT molecular complexity index is 2070. The molecule has 3 heterocycles. The molecule has 17 atom stereocenters. The second-order valence-corrected chi connectivity index (χ2v) is 26.7. The van der Waals surface area contributed by atoms with E-state index in [1.807, 2.05) is 6.08 Å². The van der Waals surface area contributed by atoms with Crippen LogP contribution in [0.4, 0.5) is 0 Å². The maximum atomic E-state index is 13.5. The third kappa shape index (κ3) is 38.1.